The number of nitrogens with one attached hydrogen (secondary N) is 1. The van der Waals surface area contributed by atoms with Crippen molar-refractivity contribution in [2.24, 2.45) is 0 Å². The molecule has 2 aromatic carbocycles. The van der Waals surface area contributed by atoms with Crippen molar-refractivity contribution in [3.63, 3.8) is 0 Å². The first-order chi connectivity index (χ1) is 11.1. The molecule has 0 aliphatic heterocycles. The van der Waals surface area contributed by atoms with Crippen LogP contribution < -0.4 is 5.32 Å². The Morgan fingerprint density at radius 3 is 2.30 bits per heavy atom. The SMILES string of the molecule is C/C=C/c1ccc(CC(=O)NCC(=O)c2ccc(F)cc2)cc1. The second-order valence-corrected chi connectivity index (χ2v) is 5.13. The first-order valence-electron chi connectivity index (χ1n) is 7.35. The number of hydrogen-bond acceptors (Lipinski definition) is 2. The molecule has 0 heterocycles. The van der Waals surface area contributed by atoms with Crippen LogP contribution in [0.4, 0.5) is 4.39 Å². The van der Waals surface area contributed by atoms with Crippen molar-refractivity contribution >= 4 is 17.8 Å². The van der Waals surface area contributed by atoms with Crippen molar-refractivity contribution in [1.82, 2.24) is 5.32 Å². The molecular formula is C19H18FNO2. The molecule has 3 nitrogen and oxygen atoms in total. The highest BCUT2D eigenvalue weighted by molar-refractivity contribution is 5.99. The molecular weight excluding hydrogens is 293 g/mol. The number of amides is 1. The minimum Gasteiger partial charge on any atom is -0.348 e. The van der Waals surface area contributed by atoms with Gasteiger partial charge in [-0.1, -0.05) is 36.4 Å². The number of rotatable bonds is 6. The van der Waals surface area contributed by atoms with Gasteiger partial charge in [0.1, 0.15) is 5.82 Å². The third-order valence-corrected chi connectivity index (χ3v) is 3.32. The van der Waals surface area contributed by atoms with E-state index in [4.69, 9.17) is 0 Å². The number of benzene rings is 2. The minimum absolute atomic E-state index is 0.0961. The van der Waals surface area contributed by atoms with Crippen LogP contribution in [0.25, 0.3) is 6.08 Å². The summed E-state index contributed by atoms with van der Waals surface area (Å²) < 4.78 is 12.8. The summed E-state index contributed by atoms with van der Waals surface area (Å²) in [5, 5.41) is 2.59. The summed E-state index contributed by atoms with van der Waals surface area (Å²) in [6.45, 7) is 1.85. The van der Waals surface area contributed by atoms with Crippen LogP contribution >= 0.6 is 0 Å². The number of carbonyl (C=O) groups is 2. The summed E-state index contributed by atoms with van der Waals surface area (Å²) in [6.07, 6.45) is 4.14. The zero-order valence-corrected chi connectivity index (χ0v) is 12.9. The van der Waals surface area contributed by atoms with E-state index in [2.05, 4.69) is 5.32 Å². The molecule has 0 saturated carbocycles. The van der Waals surface area contributed by atoms with Crippen LogP contribution in [0.15, 0.2) is 54.6 Å². The lowest BCUT2D eigenvalue weighted by Gasteiger charge is -2.05. The van der Waals surface area contributed by atoms with Crippen LogP contribution in [0.2, 0.25) is 0 Å². The Bertz CT molecular complexity index is 703. The average Bonchev–Trinajstić information content (AvgIpc) is 2.55. The van der Waals surface area contributed by atoms with Crippen LogP contribution in [0.1, 0.15) is 28.4 Å². The molecule has 1 N–H and O–H groups in total. The molecule has 0 atom stereocenters. The summed E-state index contributed by atoms with van der Waals surface area (Å²) >= 11 is 0. The quantitative estimate of drug-likeness (QED) is 0.831. The van der Waals surface area contributed by atoms with Gasteiger partial charge in [-0.3, -0.25) is 9.59 Å². The molecule has 2 rings (SSSR count). The molecule has 0 unspecified atom stereocenters. The standard InChI is InChI=1S/C19H18FNO2/c1-2-3-14-4-6-15(7-5-14)12-19(23)21-13-18(22)16-8-10-17(20)11-9-16/h2-11H,12-13H2,1H3,(H,21,23)/b3-2+. The molecule has 0 radical (unpaired) electrons. The third kappa shape index (κ3) is 5.18. The van der Waals surface area contributed by atoms with Gasteiger partial charge in [-0.2, -0.15) is 0 Å². The summed E-state index contributed by atoms with van der Waals surface area (Å²) in [5.74, 6) is -0.868. The van der Waals surface area contributed by atoms with Crippen LogP contribution in [0.5, 0.6) is 0 Å². The summed E-state index contributed by atoms with van der Waals surface area (Å²) in [6, 6.07) is 12.9. The highest BCUT2D eigenvalue weighted by atomic mass is 19.1. The zero-order valence-electron chi connectivity index (χ0n) is 12.9. The van der Waals surface area contributed by atoms with Crippen molar-refractivity contribution in [2.45, 2.75) is 13.3 Å². The lowest BCUT2D eigenvalue weighted by atomic mass is 10.1. The van der Waals surface area contributed by atoms with Gasteiger partial charge in [0.25, 0.3) is 0 Å². The second-order valence-electron chi connectivity index (χ2n) is 5.13. The highest BCUT2D eigenvalue weighted by Crippen LogP contribution is 2.07. The van der Waals surface area contributed by atoms with Crippen molar-refractivity contribution in [1.29, 1.82) is 0 Å². The van der Waals surface area contributed by atoms with Crippen LogP contribution in [0, 0.1) is 5.82 Å². The van der Waals surface area contributed by atoms with Crippen LogP contribution in [-0.4, -0.2) is 18.2 Å². The smallest absolute Gasteiger partial charge is 0.224 e. The molecule has 0 aliphatic rings. The number of allylic oxidation sites excluding steroid dienone is 1. The fourth-order valence-electron chi connectivity index (χ4n) is 2.10. The molecule has 0 spiro atoms. The van der Waals surface area contributed by atoms with E-state index in [0.717, 1.165) is 11.1 Å². The van der Waals surface area contributed by atoms with Gasteiger partial charge >= 0.3 is 0 Å². The molecule has 0 bridgehead atoms. The van der Waals surface area contributed by atoms with E-state index in [-0.39, 0.29) is 24.7 Å². The Labute approximate surface area is 134 Å². The van der Waals surface area contributed by atoms with E-state index in [0.29, 0.717) is 5.56 Å². The van der Waals surface area contributed by atoms with Gasteiger partial charge in [-0.05, 0) is 42.3 Å². The summed E-state index contributed by atoms with van der Waals surface area (Å²) in [5.41, 5.74) is 2.33. The largest absolute Gasteiger partial charge is 0.348 e. The third-order valence-electron chi connectivity index (χ3n) is 3.32. The molecule has 23 heavy (non-hydrogen) atoms. The first kappa shape index (κ1) is 16.6. The van der Waals surface area contributed by atoms with Crippen LogP contribution in [0.3, 0.4) is 0 Å². The molecule has 1 amide bonds. The number of carbonyl (C=O) groups excluding carboxylic acids is 2. The van der Waals surface area contributed by atoms with Crippen molar-refractivity contribution in [2.75, 3.05) is 6.54 Å². The topological polar surface area (TPSA) is 46.2 Å². The molecule has 2 aromatic rings. The van der Waals surface area contributed by atoms with Gasteiger partial charge in [-0.25, -0.2) is 4.39 Å². The predicted molar refractivity (Wildman–Crippen MR) is 88.6 cm³/mol. The average molecular weight is 311 g/mol. The lowest BCUT2D eigenvalue weighted by molar-refractivity contribution is -0.120. The Morgan fingerprint density at radius 2 is 1.70 bits per heavy atom. The zero-order chi connectivity index (χ0) is 16.7. The molecule has 0 fully saturated rings. The number of halogens is 1. The van der Waals surface area contributed by atoms with Crippen molar-refractivity contribution in [3.8, 4) is 0 Å². The molecule has 4 heteroatoms. The fourth-order valence-corrected chi connectivity index (χ4v) is 2.10. The lowest BCUT2D eigenvalue weighted by Crippen LogP contribution is -2.30. The van der Waals surface area contributed by atoms with E-state index >= 15 is 0 Å². The first-order valence-corrected chi connectivity index (χ1v) is 7.35. The molecule has 0 aromatic heterocycles. The minimum atomic E-state index is -0.396. The molecule has 0 aliphatic carbocycles. The maximum Gasteiger partial charge on any atom is 0.224 e. The number of hydrogen-bond donors (Lipinski definition) is 1. The van der Waals surface area contributed by atoms with E-state index in [1.807, 2.05) is 43.3 Å². The van der Waals surface area contributed by atoms with Crippen molar-refractivity contribution < 1.29 is 14.0 Å². The Hall–Kier alpha value is -2.75. The van der Waals surface area contributed by atoms with E-state index in [9.17, 15) is 14.0 Å². The maximum absolute atomic E-state index is 12.8. The summed E-state index contributed by atoms with van der Waals surface area (Å²) in [7, 11) is 0. The van der Waals surface area contributed by atoms with E-state index in [1.54, 1.807) is 0 Å². The number of Topliss-reactive ketones (excluding diaryl/α,β-unsaturated/α-hetero) is 1. The normalized spacial score (nSPS) is 10.7. The monoisotopic (exact) mass is 311 g/mol. The Balaban J connectivity index is 1.84. The summed E-state index contributed by atoms with van der Waals surface area (Å²) in [4.78, 5) is 23.8. The van der Waals surface area contributed by atoms with Gasteiger partial charge in [0.05, 0.1) is 13.0 Å². The van der Waals surface area contributed by atoms with Gasteiger partial charge < -0.3 is 5.32 Å². The van der Waals surface area contributed by atoms with Gasteiger partial charge in [-0.15, -0.1) is 0 Å². The van der Waals surface area contributed by atoms with Gasteiger partial charge in [0.15, 0.2) is 5.78 Å². The van der Waals surface area contributed by atoms with E-state index in [1.165, 1.54) is 24.3 Å². The molecule has 0 saturated heterocycles. The fraction of sp³-hybridized carbons (Fsp3) is 0.158. The Kier molecular flexibility index (Phi) is 5.80. The molecule has 118 valence electrons. The highest BCUT2D eigenvalue weighted by Gasteiger charge is 2.09. The van der Waals surface area contributed by atoms with Gasteiger partial charge in [0, 0.05) is 5.56 Å². The number of ketones is 1. The van der Waals surface area contributed by atoms with Crippen molar-refractivity contribution in [3.05, 3.63) is 77.1 Å². The predicted octanol–water partition coefficient (Wildman–Crippen LogP) is 3.40. The second kappa shape index (κ2) is 8.03. The van der Waals surface area contributed by atoms with Crippen LogP contribution in [-0.2, 0) is 11.2 Å². The maximum atomic E-state index is 12.8. The Morgan fingerprint density at radius 1 is 1.04 bits per heavy atom. The van der Waals surface area contributed by atoms with Gasteiger partial charge in [0.2, 0.25) is 5.91 Å². The van der Waals surface area contributed by atoms with E-state index < -0.39 is 5.82 Å².